The van der Waals surface area contributed by atoms with Gasteiger partial charge in [-0.2, -0.15) is 0 Å². The summed E-state index contributed by atoms with van der Waals surface area (Å²) in [6.45, 7) is 6.99. The van der Waals surface area contributed by atoms with Gasteiger partial charge in [-0.15, -0.1) is 11.3 Å². The highest BCUT2D eigenvalue weighted by molar-refractivity contribution is 7.09. The van der Waals surface area contributed by atoms with Gasteiger partial charge in [-0.1, -0.05) is 12.8 Å². The van der Waals surface area contributed by atoms with Gasteiger partial charge in [0, 0.05) is 30.7 Å². The lowest BCUT2D eigenvalue weighted by Crippen LogP contribution is -2.45. The van der Waals surface area contributed by atoms with Crippen molar-refractivity contribution < 1.29 is 9.53 Å². The number of ether oxygens (including phenoxy) is 1. The second kappa shape index (κ2) is 7.92. The maximum atomic E-state index is 11.8. The van der Waals surface area contributed by atoms with Crippen molar-refractivity contribution in [3.63, 3.8) is 0 Å². The van der Waals surface area contributed by atoms with Gasteiger partial charge in [0.15, 0.2) is 0 Å². The van der Waals surface area contributed by atoms with Crippen LogP contribution in [0, 0.1) is 5.92 Å². The van der Waals surface area contributed by atoms with Crippen molar-refractivity contribution >= 4 is 17.4 Å². The molecular formula is C16H27N3O2S. The summed E-state index contributed by atoms with van der Waals surface area (Å²) in [5.74, 6) is 0.620. The van der Waals surface area contributed by atoms with E-state index in [1.165, 1.54) is 25.7 Å². The molecule has 5 nitrogen and oxygen atoms in total. The van der Waals surface area contributed by atoms with Crippen LogP contribution in [-0.4, -0.2) is 29.3 Å². The first-order valence-electron chi connectivity index (χ1n) is 8.02. The van der Waals surface area contributed by atoms with Crippen molar-refractivity contribution in [3.05, 3.63) is 16.6 Å². The molecule has 0 radical (unpaired) electrons. The van der Waals surface area contributed by atoms with Crippen LogP contribution in [0.2, 0.25) is 0 Å². The number of hydrogen-bond donors (Lipinski definition) is 2. The molecule has 1 aromatic heterocycles. The van der Waals surface area contributed by atoms with Crippen LogP contribution in [0.4, 0.5) is 4.79 Å². The number of amides is 1. The normalized spacial score (nSPS) is 17.4. The second-order valence-corrected chi connectivity index (χ2v) is 7.82. The molecule has 2 N–H and O–H groups in total. The zero-order valence-electron chi connectivity index (χ0n) is 13.7. The summed E-state index contributed by atoms with van der Waals surface area (Å²) in [6, 6.07) is 0.277. The molecule has 0 aliphatic heterocycles. The number of aromatic nitrogens is 1. The number of alkyl carbamates (subject to hydrolysis) is 1. The average Bonchev–Trinajstić information content (AvgIpc) is 3.09. The molecule has 22 heavy (non-hydrogen) atoms. The summed E-state index contributed by atoms with van der Waals surface area (Å²) >= 11 is 1.65. The fourth-order valence-corrected chi connectivity index (χ4v) is 3.40. The third-order valence-electron chi connectivity index (χ3n) is 3.83. The molecule has 0 aromatic carbocycles. The van der Waals surface area contributed by atoms with Gasteiger partial charge in [0.1, 0.15) is 10.6 Å². The Morgan fingerprint density at radius 2 is 2.18 bits per heavy atom. The fraction of sp³-hybridized carbons (Fsp3) is 0.750. The molecule has 1 aliphatic rings. The van der Waals surface area contributed by atoms with Gasteiger partial charge in [0.25, 0.3) is 0 Å². The van der Waals surface area contributed by atoms with E-state index in [0.29, 0.717) is 12.5 Å². The monoisotopic (exact) mass is 325 g/mol. The van der Waals surface area contributed by atoms with E-state index in [4.69, 9.17) is 4.74 Å². The highest BCUT2D eigenvalue weighted by atomic mass is 32.1. The third-order valence-corrected chi connectivity index (χ3v) is 4.61. The molecule has 1 unspecified atom stereocenters. The van der Waals surface area contributed by atoms with Gasteiger partial charge in [0.2, 0.25) is 0 Å². The Hall–Kier alpha value is -1.14. The highest BCUT2D eigenvalue weighted by Crippen LogP contribution is 2.27. The van der Waals surface area contributed by atoms with Crippen LogP contribution >= 0.6 is 11.3 Å². The van der Waals surface area contributed by atoms with Gasteiger partial charge in [-0.3, -0.25) is 0 Å². The van der Waals surface area contributed by atoms with E-state index in [-0.39, 0.29) is 12.1 Å². The molecule has 0 saturated heterocycles. The van der Waals surface area contributed by atoms with E-state index in [0.717, 1.165) is 11.6 Å². The maximum Gasteiger partial charge on any atom is 0.407 e. The third kappa shape index (κ3) is 5.93. The number of thiazole rings is 1. The predicted molar refractivity (Wildman–Crippen MR) is 88.9 cm³/mol. The van der Waals surface area contributed by atoms with Crippen molar-refractivity contribution in [2.24, 2.45) is 5.92 Å². The summed E-state index contributed by atoms with van der Waals surface area (Å²) < 4.78 is 5.31. The topological polar surface area (TPSA) is 63.2 Å². The van der Waals surface area contributed by atoms with E-state index in [1.807, 2.05) is 32.3 Å². The number of hydrogen-bond acceptors (Lipinski definition) is 5. The summed E-state index contributed by atoms with van der Waals surface area (Å²) in [5, 5.41) is 9.54. The Morgan fingerprint density at radius 1 is 1.45 bits per heavy atom. The second-order valence-electron chi connectivity index (χ2n) is 6.84. The van der Waals surface area contributed by atoms with E-state index in [9.17, 15) is 4.79 Å². The van der Waals surface area contributed by atoms with Crippen LogP contribution < -0.4 is 10.6 Å². The Kier molecular flexibility index (Phi) is 6.20. The SMILES string of the molecule is CC(C)(C)OC(=O)NCC(NCc1nccs1)C1CCCC1. The van der Waals surface area contributed by atoms with Gasteiger partial charge < -0.3 is 15.4 Å². The number of carbonyl (C=O) groups is 1. The molecule has 0 bridgehead atoms. The van der Waals surface area contributed by atoms with Crippen molar-refractivity contribution in [2.75, 3.05) is 6.54 Å². The summed E-state index contributed by atoms with van der Waals surface area (Å²) in [6.07, 6.45) is 6.51. The molecule has 0 spiro atoms. The number of nitrogens with zero attached hydrogens (tertiary/aromatic N) is 1. The van der Waals surface area contributed by atoms with Crippen LogP contribution in [0.5, 0.6) is 0 Å². The first-order chi connectivity index (χ1) is 10.4. The van der Waals surface area contributed by atoms with Gasteiger partial charge in [-0.25, -0.2) is 9.78 Å². The highest BCUT2D eigenvalue weighted by Gasteiger charge is 2.26. The number of rotatable bonds is 6. The lowest BCUT2D eigenvalue weighted by molar-refractivity contribution is 0.0518. The lowest BCUT2D eigenvalue weighted by atomic mass is 9.98. The quantitative estimate of drug-likeness (QED) is 0.842. The van der Waals surface area contributed by atoms with E-state index in [2.05, 4.69) is 15.6 Å². The van der Waals surface area contributed by atoms with Gasteiger partial charge in [-0.05, 0) is 39.5 Å². The van der Waals surface area contributed by atoms with Gasteiger partial charge >= 0.3 is 6.09 Å². The largest absolute Gasteiger partial charge is 0.444 e. The molecule has 2 rings (SSSR count). The maximum absolute atomic E-state index is 11.8. The Labute approximate surface area is 136 Å². The van der Waals surface area contributed by atoms with Crippen molar-refractivity contribution in [1.82, 2.24) is 15.6 Å². The first kappa shape index (κ1) is 17.2. The van der Waals surface area contributed by atoms with E-state index < -0.39 is 5.60 Å². The van der Waals surface area contributed by atoms with Crippen molar-refractivity contribution in [1.29, 1.82) is 0 Å². The smallest absolute Gasteiger partial charge is 0.407 e. The molecule has 1 fully saturated rings. The molecule has 1 amide bonds. The Bertz CT molecular complexity index is 450. The molecule has 6 heteroatoms. The summed E-state index contributed by atoms with van der Waals surface area (Å²) in [5.41, 5.74) is -0.457. The minimum atomic E-state index is -0.457. The minimum absolute atomic E-state index is 0.277. The van der Waals surface area contributed by atoms with E-state index >= 15 is 0 Å². The minimum Gasteiger partial charge on any atom is -0.444 e. The van der Waals surface area contributed by atoms with Crippen LogP contribution in [0.1, 0.15) is 51.5 Å². The number of carbonyl (C=O) groups excluding carboxylic acids is 1. The van der Waals surface area contributed by atoms with Gasteiger partial charge in [0.05, 0.1) is 0 Å². The van der Waals surface area contributed by atoms with Crippen LogP contribution in [0.3, 0.4) is 0 Å². The number of nitrogens with one attached hydrogen (secondary N) is 2. The molecule has 1 heterocycles. The van der Waals surface area contributed by atoms with Crippen molar-refractivity contribution in [3.8, 4) is 0 Å². The first-order valence-corrected chi connectivity index (χ1v) is 8.90. The molecule has 1 aromatic rings. The molecule has 1 atom stereocenters. The van der Waals surface area contributed by atoms with Crippen LogP contribution in [0.25, 0.3) is 0 Å². The van der Waals surface area contributed by atoms with E-state index in [1.54, 1.807) is 11.3 Å². The average molecular weight is 325 g/mol. The lowest BCUT2D eigenvalue weighted by Gasteiger charge is -2.26. The standard InChI is InChI=1S/C16H27N3O2S/c1-16(2,3)21-15(20)19-10-13(12-6-4-5-7-12)18-11-14-17-8-9-22-14/h8-9,12-13,18H,4-7,10-11H2,1-3H3,(H,19,20). The van der Waals surface area contributed by atoms with Crippen molar-refractivity contribution in [2.45, 2.75) is 64.6 Å². The summed E-state index contributed by atoms with van der Waals surface area (Å²) in [7, 11) is 0. The molecule has 1 saturated carbocycles. The molecule has 124 valence electrons. The van der Waals surface area contributed by atoms with Crippen LogP contribution in [0.15, 0.2) is 11.6 Å². The predicted octanol–water partition coefficient (Wildman–Crippen LogP) is 3.32. The fourth-order valence-electron chi connectivity index (χ4n) is 2.83. The molecule has 1 aliphatic carbocycles. The molecular weight excluding hydrogens is 298 g/mol. The Morgan fingerprint density at radius 3 is 2.77 bits per heavy atom. The Balaban J connectivity index is 1.83. The van der Waals surface area contributed by atoms with Crippen LogP contribution in [-0.2, 0) is 11.3 Å². The zero-order valence-corrected chi connectivity index (χ0v) is 14.5. The zero-order chi connectivity index (χ0) is 16.0. The summed E-state index contributed by atoms with van der Waals surface area (Å²) in [4.78, 5) is 16.1.